The van der Waals surface area contributed by atoms with Crippen molar-refractivity contribution in [3.8, 4) is 33.4 Å². The minimum Gasteiger partial charge on any atom is -0.0642 e. The van der Waals surface area contributed by atoms with Crippen molar-refractivity contribution in [1.29, 1.82) is 0 Å². The van der Waals surface area contributed by atoms with Crippen molar-refractivity contribution in [2.45, 2.75) is 51.4 Å². The molecule has 32 heavy (non-hydrogen) atoms. The summed E-state index contributed by atoms with van der Waals surface area (Å²) in [5, 5.41) is 0. The van der Waals surface area contributed by atoms with Gasteiger partial charge in [-0.3, -0.25) is 0 Å². The van der Waals surface area contributed by atoms with Crippen molar-refractivity contribution >= 4 is 0 Å². The molecule has 2 aliphatic carbocycles. The van der Waals surface area contributed by atoms with Crippen molar-refractivity contribution < 1.29 is 0 Å². The molecule has 4 aromatic rings. The molecule has 2 aliphatic rings. The number of rotatable bonds is 3. The van der Waals surface area contributed by atoms with Gasteiger partial charge in [0, 0.05) is 10.8 Å². The molecule has 0 saturated carbocycles. The van der Waals surface area contributed by atoms with Crippen molar-refractivity contribution in [2.24, 2.45) is 0 Å². The zero-order chi connectivity index (χ0) is 22.1. The van der Waals surface area contributed by atoms with Crippen LogP contribution in [0.25, 0.3) is 33.4 Å². The average molecular weight is 415 g/mol. The minimum atomic E-state index is 0.0332. The summed E-state index contributed by atoms with van der Waals surface area (Å²) in [6.45, 7) is 9.41. The minimum absolute atomic E-state index is 0.0332. The molecule has 0 saturated heterocycles. The lowest BCUT2D eigenvalue weighted by Gasteiger charge is -2.30. The first-order valence-corrected chi connectivity index (χ1v) is 12.0. The lowest BCUT2D eigenvalue weighted by molar-refractivity contribution is 0.490. The lowest BCUT2D eigenvalue weighted by atomic mass is 9.73. The van der Waals surface area contributed by atoms with Gasteiger partial charge >= 0.3 is 0 Å². The van der Waals surface area contributed by atoms with Crippen molar-refractivity contribution in [3.05, 3.63) is 107 Å². The molecule has 0 unspecified atom stereocenters. The highest BCUT2D eigenvalue weighted by Gasteiger charge is 2.40. The van der Waals surface area contributed by atoms with E-state index in [1.807, 2.05) is 0 Å². The van der Waals surface area contributed by atoms with E-state index in [1.165, 1.54) is 55.6 Å². The quantitative estimate of drug-likeness (QED) is 0.314. The third-order valence-corrected chi connectivity index (χ3v) is 8.39. The van der Waals surface area contributed by atoms with Gasteiger partial charge in [-0.05, 0) is 80.6 Å². The molecule has 6 rings (SSSR count). The molecule has 0 nitrogen and oxygen atoms in total. The Kier molecular flexibility index (Phi) is 4.09. The summed E-state index contributed by atoms with van der Waals surface area (Å²) in [5.41, 5.74) is 14.3. The van der Waals surface area contributed by atoms with Crippen LogP contribution in [0.2, 0.25) is 0 Å². The molecule has 0 spiro atoms. The Balaban J connectivity index is 1.52. The Labute approximate surface area is 192 Å². The number of benzene rings is 4. The predicted molar refractivity (Wildman–Crippen MR) is 136 cm³/mol. The summed E-state index contributed by atoms with van der Waals surface area (Å²) in [5.74, 6) is 0. The summed E-state index contributed by atoms with van der Waals surface area (Å²) in [7, 11) is 0. The van der Waals surface area contributed by atoms with Gasteiger partial charge in [0.15, 0.2) is 0 Å². The first-order chi connectivity index (χ1) is 15.5. The summed E-state index contributed by atoms with van der Waals surface area (Å²) >= 11 is 0. The SMILES string of the molecule is CCC1(CC)c2ccccc2-c2ccc(-c3ccc4c(c3)C(C)(C)c3ccccc3-4)cc21. The molecule has 0 radical (unpaired) electrons. The van der Waals surface area contributed by atoms with E-state index in [0.29, 0.717) is 0 Å². The smallest absolute Gasteiger partial charge is 0.0210 e. The van der Waals surface area contributed by atoms with Gasteiger partial charge in [0.05, 0.1) is 0 Å². The molecule has 158 valence electrons. The van der Waals surface area contributed by atoms with Gasteiger partial charge in [-0.1, -0.05) is 100 Å². The highest BCUT2D eigenvalue weighted by molar-refractivity contribution is 5.86. The van der Waals surface area contributed by atoms with Crippen LogP contribution in [0, 0.1) is 0 Å². The largest absolute Gasteiger partial charge is 0.0642 e. The molecular formula is C32H30. The number of hydrogen-bond acceptors (Lipinski definition) is 0. The van der Waals surface area contributed by atoms with Crippen LogP contribution in [0.4, 0.5) is 0 Å². The maximum atomic E-state index is 2.49. The highest BCUT2D eigenvalue weighted by atomic mass is 14.4. The fourth-order valence-electron chi connectivity index (χ4n) is 6.53. The fraction of sp³-hybridized carbons (Fsp3) is 0.250. The summed E-state index contributed by atoms with van der Waals surface area (Å²) in [6.07, 6.45) is 2.26. The summed E-state index contributed by atoms with van der Waals surface area (Å²) in [4.78, 5) is 0. The van der Waals surface area contributed by atoms with Gasteiger partial charge in [-0.2, -0.15) is 0 Å². The van der Waals surface area contributed by atoms with Gasteiger partial charge in [0.25, 0.3) is 0 Å². The van der Waals surface area contributed by atoms with Crippen LogP contribution in [0.3, 0.4) is 0 Å². The molecular weight excluding hydrogens is 384 g/mol. The van der Waals surface area contributed by atoms with E-state index in [0.717, 1.165) is 12.8 Å². The molecule has 0 bridgehead atoms. The van der Waals surface area contributed by atoms with E-state index >= 15 is 0 Å². The second kappa shape index (κ2) is 6.69. The topological polar surface area (TPSA) is 0 Å². The van der Waals surface area contributed by atoms with E-state index in [2.05, 4.69) is 113 Å². The van der Waals surface area contributed by atoms with Gasteiger partial charge in [0.2, 0.25) is 0 Å². The van der Waals surface area contributed by atoms with E-state index in [4.69, 9.17) is 0 Å². The number of fused-ring (bicyclic) bond motifs is 6. The standard InChI is InChI=1S/C32H30/c1-5-32(6-2)28-14-10-8-12-24(28)26-18-16-22(20-30(26)32)21-15-17-25-23-11-7-9-13-27(23)31(3,4)29(25)19-21/h7-20H,5-6H2,1-4H3. The molecule has 4 aromatic carbocycles. The molecule has 0 aliphatic heterocycles. The van der Waals surface area contributed by atoms with Crippen LogP contribution in [-0.2, 0) is 10.8 Å². The van der Waals surface area contributed by atoms with Crippen LogP contribution < -0.4 is 0 Å². The van der Waals surface area contributed by atoms with Crippen molar-refractivity contribution in [2.75, 3.05) is 0 Å². The Morgan fingerprint density at radius 2 is 0.969 bits per heavy atom. The van der Waals surface area contributed by atoms with Gasteiger partial charge in [-0.15, -0.1) is 0 Å². The summed E-state index contributed by atoms with van der Waals surface area (Å²) in [6, 6.07) is 32.2. The van der Waals surface area contributed by atoms with E-state index in [9.17, 15) is 0 Å². The maximum absolute atomic E-state index is 2.49. The third-order valence-electron chi connectivity index (χ3n) is 8.39. The molecule has 0 aromatic heterocycles. The first-order valence-electron chi connectivity index (χ1n) is 12.0. The fourth-order valence-corrected chi connectivity index (χ4v) is 6.53. The Morgan fingerprint density at radius 1 is 0.500 bits per heavy atom. The molecule has 0 heteroatoms. The molecule has 0 fully saturated rings. The third kappa shape index (κ3) is 2.39. The van der Waals surface area contributed by atoms with Crippen LogP contribution >= 0.6 is 0 Å². The van der Waals surface area contributed by atoms with Crippen molar-refractivity contribution in [3.63, 3.8) is 0 Å². The monoisotopic (exact) mass is 414 g/mol. The van der Waals surface area contributed by atoms with Crippen LogP contribution in [-0.4, -0.2) is 0 Å². The van der Waals surface area contributed by atoms with Gasteiger partial charge in [-0.25, -0.2) is 0 Å². The lowest BCUT2D eigenvalue weighted by Crippen LogP contribution is -2.23. The van der Waals surface area contributed by atoms with Crippen LogP contribution in [0.1, 0.15) is 62.8 Å². The Morgan fingerprint density at radius 3 is 1.59 bits per heavy atom. The molecule has 0 heterocycles. The van der Waals surface area contributed by atoms with Gasteiger partial charge in [0.1, 0.15) is 0 Å². The summed E-state index contributed by atoms with van der Waals surface area (Å²) < 4.78 is 0. The Hall–Kier alpha value is -3.12. The number of hydrogen-bond donors (Lipinski definition) is 0. The van der Waals surface area contributed by atoms with E-state index < -0.39 is 0 Å². The van der Waals surface area contributed by atoms with Crippen molar-refractivity contribution in [1.82, 2.24) is 0 Å². The van der Waals surface area contributed by atoms with Gasteiger partial charge < -0.3 is 0 Å². The van der Waals surface area contributed by atoms with E-state index in [-0.39, 0.29) is 10.8 Å². The molecule has 0 N–H and O–H groups in total. The second-order valence-corrected chi connectivity index (χ2v) is 10.0. The molecule has 0 amide bonds. The molecule has 0 atom stereocenters. The second-order valence-electron chi connectivity index (χ2n) is 10.0. The zero-order valence-corrected chi connectivity index (χ0v) is 19.5. The maximum Gasteiger partial charge on any atom is 0.0210 e. The first kappa shape index (κ1) is 19.6. The van der Waals surface area contributed by atoms with Crippen LogP contribution in [0.15, 0.2) is 84.9 Å². The average Bonchev–Trinajstić information content (AvgIpc) is 3.25. The zero-order valence-electron chi connectivity index (χ0n) is 19.5. The highest BCUT2D eigenvalue weighted by Crippen LogP contribution is 2.54. The normalized spacial score (nSPS) is 16.2. The predicted octanol–water partition coefficient (Wildman–Crippen LogP) is 8.75. The van der Waals surface area contributed by atoms with E-state index in [1.54, 1.807) is 0 Å². The Bertz CT molecular complexity index is 1360. The van der Waals surface area contributed by atoms with Crippen LogP contribution in [0.5, 0.6) is 0 Å².